The lowest BCUT2D eigenvalue weighted by Crippen LogP contribution is -2.36. The summed E-state index contributed by atoms with van der Waals surface area (Å²) in [5.74, 6) is 0.853. The van der Waals surface area contributed by atoms with Crippen LogP contribution in [-0.4, -0.2) is 41.4 Å². The second kappa shape index (κ2) is 5.10. The van der Waals surface area contributed by atoms with Crippen LogP contribution < -0.4 is 0 Å². The summed E-state index contributed by atoms with van der Waals surface area (Å²) in [7, 11) is 1.75. The van der Waals surface area contributed by atoms with Crippen LogP contribution in [0.25, 0.3) is 0 Å². The van der Waals surface area contributed by atoms with E-state index in [2.05, 4.69) is 6.07 Å². The molecular weight excluding hydrogens is 234 g/mol. The number of rotatable bonds is 3. The molecule has 2 unspecified atom stereocenters. The largest absolute Gasteiger partial charge is 0.392 e. The number of hydrogen-bond donors (Lipinski definition) is 1. The molecule has 92 valence electrons. The van der Waals surface area contributed by atoms with Crippen LogP contribution in [0.3, 0.4) is 0 Å². The molecule has 1 aliphatic heterocycles. The summed E-state index contributed by atoms with van der Waals surface area (Å²) in [4.78, 5) is 15.1. The quantitative estimate of drug-likeness (QED) is 0.889. The molecule has 1 aromatic rings. The lowest BCUT2D eigenvalue weighted by atomic mass is 10.00. The van der Waals surface area contributed by atoms with Crippen molar-refractivity contribution in [2.45, 2.75) is 23.8 Å². The van der Waals surface area contributed by atoms with Crippen molar-refractivity contribution in [1.29, 1.82) is 0 Å². The maximum atomic E-state index is 12.2. The molecule has 1 amide bonds. The van der Waals surface area contributed by atoms with Crippen molar-refractivity contribution in [2.75, 3.05) is 19.3 Å². The third kappa shape index (κ3) is 2.64. The number of thioether (sulfide) groups is 1. The molecule has 0 aliphatic carbocycles. The summed E-state index contributed by atoms with van der Waals surface area (Å²) in [6, 6.07) is 8.05. The number of carbonyl (C=O) groups is 1. The summed E-state index contributed by atoms with van der Waals surface area (Å²) in [5, 5.41) is 9.31. The molecular formula is C13H17NO2S. The highest BCUT2D eigenvalue weighted by Crippen LogP contribution is 2.39. The van der Waals surface area contributed by atoms with Crippen LogP contribution in [0.5, 0.6) is 0 Å². The Morgan fingerprint density at radius 3 is 3.00 bits per heavy atom. The van der Waals surface area contributed by atoms with E-state index in [0.29, 0.717) is 6.54 Å². The van der Waals surface area contributed by atoms with Crippen LogP contribution in [0, 0.1) is 0 Å². The van der Waals surface area contributed by atoms with Gasteiger partial charge in [-0.3, -0.25) is 4.79 Å². The summed E-state index contributed by atoms with van der Waals surface area (Å²) in [6.45, 7) is 2.09. The number of aliphatic hydroxyl groups excluding tert-OH is 1. The van der Waals surface area contributed by atoms with Crippen LogP contribution in [0.4, 0.5) is 0 Å². The minimum Gasteiger partial charge on any atom is -0.392 e. The van der Waals surface area contributed by atoms with Crippen LogP contribution in [-0.2, 0) is 4.79 Å². The molecule has 0 saturated heterocycles. The van der Waals surface area contributed by atoms with Gasteiger partial charge in [0.1, 0.15) is 0 Å². The second-order valence-electron chi connectivity index (χ2n) is 4.47. The normalized spacial score (nSPS) is 19.8. The third-order valence-corrected chi connectivity index (χ3v) is 4.10. The Balaban J connectivity index is 2.12. The zero-order valence-corrected chi connectivity index (χ0v) is 10.9. The number of nitrogens with zero attached hydrogens (tertiary/aromatic N) is 1. The zero-order chi connectivity index (χ0) is 12.4. The molecule has 0 aromatic heterocycles. The number of aliphatic hydroxyl groups is 1. The van der Waals surface area contributed by atoms with E-state index in [1.165, 1.54) is 4.90 Å². The van der Waals surface area contributed by atoms with Crippen molar-refractivity contribution in [3.63, 3.8) is 0 Å². The van der Waals surface area contributed by atoms with E-state index in [4.69, 9.17) is 0 Å². The van der Waals surface area contributed by atoms with Gasteiger partial charge >= 0.3 is 0 Å². The lowest BCUT2D eigenvalue weighted by molar-refractivity contribution is -0.132. The van der Waals surface area contributed by atoms with Crippen LogP contribution >= 0.6 is 11.8 Å². The molecule has 0 saturated carbocycles. The molecule has 1 aromatic carbocycles. The summed E-state index contributed by atoms with van der Waals surface area (Å²) in [6.07, 6.45) is -0.478. The number of likely N-dealkylation sites (N-methyl/N-ethyl adjacent to an activating group) is 1. The van der Waals surface area contributed by atoms with E-state index in [1.54, 1.807) is 30.6 Å². The zero-order valence-electron chi connectivity index (χ0n) is 10.1. The van der Waals surface area contributed by atoms with E-state index in [0.717, 1.165) is 11.3 Å². The first kappa shape index (κ1) is 12.5. The molecule has 0 bridgehead atoms. The van der Waals surface area contributed by atoms with Crippen LogP contribution in [0.2, 0.25) is 0 Å². The van der Waals surface area contributed by atoms with E-state index in [1.807, 2.05) is 18.2 Å². The fourth-order valence-corrected chi connectivity index (χ4v) is 3.34. The first-order valence-corrected chi connectivity index (χ1v) is 6.73. The fraction of sp³-hybridized carbons (Fsp3) is 0.462. The maximum Gasteiger partial charge on any atom is 0.230 e. The molecule has 1 aliphatic rings. The molecule has 3 nitrogen and oxygen atoms in total. The number of carbonyl (C=O) groups excluding carboxylic acids is 1. The minimum atomic E-state index is -0.478. The standard InChI is InChI=1S/C13H17NO2S/c1-9(15)7-14(2)13(16)11-8-17-12-6-4-3-5-10(11)12/h3-6,9,11,15H,7-8H2,1-2H3. The predicted octanol–water partition coefficient (Wildman–Crippen LogP) is 1.72. The van der Waals surface area contributed by atoms with Crippen LogP contribution in [0.15, 0.2) is 29.2 Å². The molecule has 0 fully saturated rings. The molecule has 0 radical (unpaired) electrons. The van der Waals surface area contributed by atoms with E-state index >= 15 is 0 Å². The Bertz CT molecular complexity index is 420. The first-order chi connectivity index (χ1) is 8.09. The average Bonchev–Trinajstić information content (AvgIpc) is 2.70. The van der Waals surface area contributed by atoms with Gasteiger partial charge in [0.25, 0.3) is 0 Å². The molecule has 0 spiro atoms. The third-order valence-electron chi connectivity index (χ3n) is 2.91. The van der Waals surface area contributed by atoms with E-state index < -0.39 is 6.10 Å². The van der Waals surface area contributed by atoms with Gasteiger partial charge in [0.2, 0.25) is 5.91 Å². The van der Waals surface area contributed by atoms with Gasteiger partial charge in [-0.05, 0) is 18.6 Å². The first-order valence-electron chi connectivity index (χ1n) is 5.74. The minimum absolute atomic E-state index is 0.0556. The van der Waals surface area contributed by atoms with Gasteiger partial charge < -0.3 is 10.0 Å². The Labute approximate surface area is 106 Å². The average molecular weight is 251 g/mol. The maximum absolute atomic E-state index is 12.2. The number of fused-ring (bicyclic) bond motifs is 1. The Kier molecular flexibility index (Phi) is 3.74. The lowest BCUT2D eigenvalue weighted by Gasteiger charge is -2.22. The Morgan fingerprint density at radius 2 is 2.29 bits per heavy atom. The Morgan fingerprint density at radius 1 is 1.59 bits per heavy atom. The van der Waals surface area contributed by atoms with Crippen molar-refractivity contribution >= 4 is 17.7 Å². The molecule has 2 rings (SSSR count). The molecule has 17 heavy (non-hydrogen) atoms. The molecule has 1 N–H and O–H groups in total. The molecule has 1 heterocycles. The summed E-state index contributed by atoms with van der Waals surface area (Å²) >= 11 is 1.73. The van der Waals surface area contributed by atoms with Gasteiger partial charge in [-0.25, -0.2) is 0 Å². The number of benzene rings is 1. The van der Waals surface area contributed by atoms with Gasteiger partial charge in [0, 0.05) is 24.2 Å². The van der Waals surface area contributed by atoms with Gasteiger partial charge in [-0.1, -0.05) is 18.2 Å². The molecule has 4 heteroatoms. The SMILES string of the molecule is CC(O)CN(C)C(=O)C1CSc2ccccc21. The topological polar surface area (TPSA) is 40.5 Å². The van der Waals surface area contributed by atoms with Crippen molar-refractivity contribution in [3.05, 3.63) is 29.8 Å². The van der Waals surface area contributed by atoms with Crippen molar-refractivity contribution in [1.82, 2.24) is 4.90 Å². The van der Waals surface area contributed by atoms with Gasteiger partial charge in [-0.2, -0.15) is 0 Å². The van der Waals surface area contributed by atoms with E-state index in [9.17, 15) is 9.90 Å². The number of amides is 1. The second-order valence-corrected chi connectivity index (χ2v) is 5.53. The summed E-state index contributed by atoms with van der Waals surface area (Å²) < 4.78 is 0. The Hall–Kier alpha value is -1.00. The van der Waals surface area contributed by atoms with Crippen molar-refractivity contribution in [3.8, 4) is 0 Å². The predicted molar refractivity (Wildman–Crippen MR) is 69.2 cm³/mol. The van der Waals surface area contributed by atoms with Crippen molar-refractivity contribution in [2.24, 2.45) is 0 Å². The highest BCUT2D eigenvalue weighted by Gasteiger charge is 2.31. The number of hydrogen-bond acceptors (Lipinski definition) is 3. The fourth-order valence-electron chi connectivity index (χ4n) is 2.12. The van der Waals surface area contributed by atoms with Crippen LogP contribution in [0.1, 0.15) is 18.4 Å². The highest BCUT2D eigenvalue weighted by atomic mass is 32.2. The smallest absolute Gasteiger partial charge is 0.230 e. The van der Waals surface area contributed by atoms with Gasteiger partial charge in [0.15, 0.2) is 0 Å². The molecule has 2 atom stereocenters. The summed E-state index contributed by atoms with van der Waals surface area (Å²) in [5.41, 5.74) is 1.12. The van der Waals surface area contributed by atoms with Crippen molar-refractivity contribution < 1.29 is 9.90 Å². The monoisotopic (exact) mass is 251 g/mol. The highest BCUT2D eigenvalue weighted by molar-refractivity contribution is 7.99. The van der Waals surface area contributed by atoms with Gasteiger partial charge in [-0.15, -0.1) is 11.8 Å². The van der Waals surface area contributed by atoms with Gasteiger partial charge in [0.05, 0.1) is 12.0 Å². The van der Waals surface area contributed by atoms with E-state index in [-0.39, 0.29) is 11.8 Å².